The first kappa shape index (κ1) is 21.2. The van der Waals surface area contributed by atoms with Crippen LogP contribution in [0.25, 0.3) is 0 Å². The number of hydrazone groups is 1. The number of amides is 1. The lowest BCUT2D eigenvalue weighted by Crippen LogP contribution is -2.17. The fraction of sp³-hybridized carbons (Fsp3) is 0.263. The van der Waals surface area contributed by atoms with Gasteiger partial charge in [0.15, 0.2) is 11.5 Å². The van der Waals surface area contributed by atoms with Gasteiger partial charge in [-0.15, -0.1) is 0 Å². The van der Waals surface area contributed by atoms with Crippen molar-refractivity contribution in [3.05, 3.63) is 62.7 Å². The van der Waals surface area contributed by atoms with Crippen LogP contribution in [-0.4, -0.2) is 30.3 Å². The molecule has 1 N–H and O–H groups in total. The van der Waals surface area contributed by atoms with Crippen molar-refractivity contribution in [2.24, 2.45) is 5.10 Å². The zero-order valence-electron chi connectivity index (χ0n) is 15.6. The molecule has 0 unspecified atom stereocenters. The van der Waals surface area contributed by atoms with Crippen LogP contribution in [-0.2, 0) is 0 Å². The molecule has 9 heteroatoms. The quantitative estimate of drug-likeness (QED) is 0.402. The highest BCUT2D eigenvalue weighted by Gasteiger charge is 2.14. The monoisotopic (exact) mass is 405 g/mol. The van der Waals surface area contributed by atoms with Gasteiger partial charge >= 0.3 is 0 Å². The Morgan fingerprint density at radius 3 is 2.61 bits per heavy atom. The number of nitrogens with one attached hydrogen (secondary N) is 1. The summed E-state index contributed by atoms with van der Waals surface area (Å²) in [6, 6.07) is 8.53. The molecule has 2 aromatic rings. The molecule has 0 radical (unpaired) electrons. The fourth-order valence-electron chi connectivity index (χ4n) is 2.18. The summed E-state index contributed by atoms with van der Waals surface area (Å²) in [6.07, 6.45) is 2.20. The summed E-state index contributed by atoms with van der Waals surface area (Å²) in [6.45, 7) is 3.93. The molecule has 0 fully saturated rings. The molecule has 0 saturated carbocycles. The Morgan fingerprint density at radius 2 is 2.04 bits per heavy atom. The SMILES string of the molecule is CC[C@@H](C)Oc1c(Cl)cc(/C=N\NC(=O)c2ccc([N+](=O)[O-])cc2)cc1OC. The van der Waals surface area contributed by atoms with Crippen molar-refractivity contribution in [2.75, 3.05) is 7.11 Å². The topological polar surface area (TPSA) is 103 Å². The van der Waals surface area contributed by atoms with E-state index >= 15 is 0 Å². The molecule has 0 aromatic heterocycles. The minimum absolute atomic E-state index is 0.0214. The first-order valence-corrected chi connectivity index (χ1v) is 8.85. The zero-order valence-corrected chi connectivity index (χ0v) is 16.4. The van der Waals surface area contributed by atoms with Crippen molar-refractivity contribution < 1.29 is 19.2 Å². The summed E-state index contributed by atoms with van der Waals surface area (Å²) in [7, 11) is 1.51. The van der Waals surface area contributed by atoms with E-state index in [0.717, 1.165) is 6.42 Å². The maximum absolute atomic E-state index is 12.0. The highest BCUT2D eigenvalue weighted by molar-refractivity contribution is 6.32. The van der Waals surface area contributed by atoms with E-state index in [1.165, 1.54) is 37.6 Å². The number of carbonyl (C=O) groups excluding carboxylic acids is 1. The Labute approximate surface area is 167 Å². The molecule has 0 aliphatic rings. The van der Waals surface area contributed by atoms with E-state index in [9.17, 15) is 14.9 Å². The van der Waals surface area contributed by atoms with Gasteiger partial charge in [0.05, 0.1) is 29.4 Å². The van der Waals surface area contributed by atoms with Crippen LogP contribution in [0.4, 0.5) is 5.69 Å². The molecule has 0 aliphatic heterocycles. The smallest absolute Gasteiger partial charge is 0.271 e. The van der Waals surface area contributed by atoms with Gasteiger partial charge in [0.25, 0.3) is 11.6 Å². The van der Waals surface area contributed by atoms with Crippen LogP contribution in [0.15, 0.2) is 41.5 Å². The van der Waals surface area contributed by atoms with Crippen molar-refractivity contribution in [1.82, 2.24) is 5.43 Å². The maximum atomic E-state index is 12.0. The molecule has 0 aliphatic carbocycles. The molecule has 0 heterocycles. The molecule has 2 rings (SSSR count). The average Bonchev–Trinajstić information content (AvgIpc) is 2.69. The number of methoxy groups -OCH3 is 1. The van der Waals surface area contributed by atoms with Gasteiger partial charge in [-0.3, -0.25) is 14.9 Å². The Hall–Kier alpha value is -3.13. The summed E-state index contributed by atoms with van der Waals surface area (Å²) < 4.78 is 11.1. The number of benzene rings is 2. The predicted molar refractivity (Wildman–Crippen MR) is 107 cm³/mol. The molecule has 1 atom stereocenters. The van der Waals surface area contributed by atoms with Crippen LogP contribution in [0.2, 0.25) is 5.02 Å². The summed E-state index contributed by atoms with van der Waals surface area (Å²) in [5.74, 6) is 0.405. The number of carbonyl (C=O) groups is 1. The Morgan fingerprint density at radius 1 is 1.36 bits per heavy atom. The molecule has 0 saturated heterocycles. The fourth-order valence-corrected chi connectivity index (χ4v) is 2.44. The lowest BCUT2D eigenvalue weighted by molar-refractivity contribution is -0.384. The number of ether oxygens (including phenoxy) is 2. The van der Waals surface area contributed by atoms with Crippen molar-refractivity contribution in [3.63, 3.8) is 0 Å². The molecular weight excluding hydrogens is 386 g/mol. The number of hydrogen-bond donors (Lipinski definition) is 1. The second-order valence-electron chi connectivity index (χ2n) is 5.87. The van der Waals surface area contributed by atoms with E-state index in [2.05, 4.69) is 10.5 Å². The second-order valence-corrected chi connectivity index (χ2v) is 6.28. The first-order chi connectivity index (χ1) is 13.3. The first-order valence-electron chi connectivity index (χ1n) is 8.47. The minimum atomic E-state index is -0.536. The maximum Gasteiger partial charge on any atom is 0.271 e. The number of non-ortho nitro benzene ring substituents is 1. The van der Waals surface area contributed by atoms with E-state index in [4.69, 9.17) is 21.1 Å². The van der Waals surface area contributed by atoms with Gasteiger partial charge in [-0.25, -0.2) is 5.43 Å². The predicted octanol–water partition coefficient (Wildman–Crippen LogP) is 4.20. The molecule has 0 spiro atoms. The van der Waals surface area contributed by atoms with Crippen molar-refractivity contribution in [2.45, 2.75) is 26.4 Å². The third-order valence-electron chi connectivity index (χ3n) is 3.87. The van der Waals surface area contributed by atoms with Gasteiger partial charge in [0, 0.05) is 17.7 Å². The lowest BCUT2D eigenvalue weighted by Gasteiger charge is -2.17. The summed E-state index contributed by atoms with van der Waals surface area (Å²) in [5, 5.41) is 14.9. The molecule has 2 aromatic carbocycles. The largest absolute Gasteiger partial charge is 0.493 e. The number of rotatable bonds is 8. The van der Waals surface area contributed by atoms with Crippen LogP contribution in [0.5, 0.6) is 11.5 Å². The molecule has 1 amide bonds. The highest BCUT2D eigenvalue weighted by atomic mass is 35.5. The molecule has 0 bridgehead atoms. The van der Waals surface area contributed by atoms with Gasteiger partial charge in [0.2, 0.25) is 0 Å². The van der Waals surface area contributed by atoms with Crippen LogP contribution in [0.3, 0.4) is 0 Å². The van der Waals surface area contributed by atoms with Crippen molar-refractivity contribution in [3.8, 4) is 11.5 Å². The third kappa shape index (κ3) is 5.43. The number of hydrogen-bond acceptors (Lipinski definition) is 6. The zero-order chi connectivity index (χ0) is 20.7. The number of nitrogens with zero attached hydrogens (tertiary/aromatic N) is 2. The van der Waals surface area contributed by atoms with E-state index in [1.54, 1.807) is 12.1 Å². The van der Waals surface area contributed by atoms with Gasteiger partial charge in [-0.1, -0.05) is 18.5 Å². The summed E-state index contributed by atoms with van der Waals surface area (Å²) >= 11 is 6.28. The summed E-state index contributed by atoms with van der Waals surface area (Å²) in [4.78, 5) is 22.2. The highest BCUT2D eigenvalue weighted by Crippen LogP contribution is 2.37. The third-order valence-corrected chi connectivity index (χ3v) is 4.15. The standard InChI is InChI=1S/C19H20ClN3O5/c1-4-12(2)28-18-16(20)9-13(10-17(18)27-3)11-21-22-19(24)14-5-7-15(8-6-14)23(25)26/h5-12H,4H2,1-3H3,(H,22,24)/b21-11-/t12-/m1/s1. The molecule has 148 valence electrons. The second kappa shape index (κ2) is 9.70. The van der Waals surface area contributed by atoms with Crippen LogP contribution in [0.1, 0.15) is 36.2 Å². The molecule has 28 heavy (non-hydrogen) atoms. The number of nitro groups is 1. The minimum Gasteiger partial charge on any atom is -0.493 e. The van der Waals surface area contributed by atoms with Crippen LogP contribution < -0.4 is 14.9 Å². The van der Waals surface area contributed by atoms with Gasteiger partial charge in [0.1, 0.15) is 0 Å². The van der Waals surface area contributed by atoms with Gasteiger partial charge < -0.3 is 9.47 Å². The van der Waals surface area contributed by atoms with E-state index in [-0.39, 0.29) is 17.4 Å². The lowest BCUT2D eigenvalue weighted by atomic mass is 10.2. The van der Waals surface area contributed by atoms with Gasteiger partial charge in [-0.2, -0.15) is 5.10 Å². The Bertz CT molecular complexity index is 884. The van der Waals surface area contributed by atoms with E-state index < -0.39 is 10.8 Å². The van der Waals surface area contributed by atoms with Crippen LogP contribution >= 0.6 is 11.6 Å². The van der Waals surface area contributed by atoms with E-state index in [1.807, 2.05) is 13.8 Å². The molecule has 8 nitrogen and oxygen atoms in total. The van der Waals surface area contributed by atoms with Crippen molar-refractivity contribution in [1.29, 1.82) is 0 Å². The van der Waals surface area contributed by atoms with Crippen LogP contribution in [0, 0.1) is 10.1 Å². The van der Waals surface area contributed by atoms with Crippen molar-refractivity contribution >= 4 is 29.4 Å². The number of halogens is 1. The summed E-state index contributed by atoms with van der Waals surface area (Å²) in [5.41, 5.74) is 3.10. The van der Waals surface area contributed by atoms with Gasteiger partial charge in [-0.05, 0) is 43.2 Å². The Kier molecular flexibility index (Phi) is 7.34. The number of nitro benzene ring substituents is 1. The normalized spacial score (nSPS) is 11.9. The Balaban J connectivity index is 2.10. The average molecular weight is 406 g/mol. The molecular formula is C19H20ClN3O5. The van der Waals surface area contributed by atoms with E-state index in [0.29, 0.717) is 22.1 Å².